The Hall–Kier alpha value is -1.52. The standard InChI is InChI=1S/C10H5BF3N/c11-8-4-3-7(10(12,13)14)9-6(8)2-1-5-15-9/h1-5H. The molecule has 0 unspecified atom stereocenters. The summed E-state index contributed by atoms with van der Waals surface area (Å²) in [6, 6.07) is 5.27. The predicted octanol–water partition coefficient (Wildman–Crippen LogP) is 2.05. The molecule has 0 bridgehead atoms. The van der Waals surface area contributed by atoms with Crippen LogP contribution in [0.2, 0.25) is 0 Å². The van der Waals surface area contributed by atoms with Crippen LogP contribution in [-0.4, -0.2) is 12.8 Å². The van der Waals surface area contributed by atoms with Gasteiger partial charge in [-0.3, -0.25) is 4.98 Å². The lowest BCUT2D eigenvalue weighted by atomic mass is 9.90. The van der Waals surface area contributed by atoms with E-state index in [0.29, 0.717) is 10.8 Å². The maximum Gasteiger partial charge on any atom is 0.418 e. The highest BCUT2D eigenvalue weighted by Gasteiger charge is 2.33. The largest absolute Gasteiger partial charge is 0.418 e. The van der Waals surface area contributed by atoms with Gasteiger partial charge in [0.15, 0.2) is 0 Å². The summed E-state index contributed by atoms with van der Waals surface area (Å²) in [7, 11) is 5.56. The van der Waals surface area contributed by atoms with E-state index in [1.165, 1.54) is 18.3 Å². The average Bonchev–Trinajstić information content (AvgIpc) is 2.17. The van der Waals surface area contributed by atoms with Crippen LogP contribution in [0.4, 0.5) is 13.2 Å². The van der Waals surface area contributed by atoms with Crippen molar-refractivity contribution in [1.82, 2.24) is 4.98 Å². The Kier molecular flexibility index (Phi) is 2.18. The van der Waals surface area contributed by atoms with Crippen molar-refractivity contribution in [3.05, 3.63) is 36.0 Å². The molecule has 74 valence electrons. The van der Waals surface area contributed by atoms with Gasteiger partial charge in [0.2, 0.25) is 0 Å². The van der Waals surface area contributed by atoms with Gasteiger partial charge in [0.1, 0.15) is 7.85 Å². The van der Waals surface area contributed by atoms with Crippen molar-refractivity contribution in [2.45, 2.75) is 6.18 Å². The Morgan fingerprint density at radius 1 is 1.13 bits per heavy atom. The number of aromatic nitrogens is 1. The van der Waals surface area contributed by atoms with Crippen molar-refractivity contribution in [1.29, 1.82) is 0 Å². The maximum atomic E-state index is 12.6. The molecule has 1 aromatic carbocycles. The van der Waals surface area contributed by atoms with Gasteiger partial charge in [-0.2, -0.15) is 13.2 Å². The molecule has 0 aliphatic rings. The number of pyridine rings is 1. The number of nitrogens with zero attached hydrogens (tertiary/aromatic N) is 1. The van der Waals surface area contributed by atoms with Crippen LogP contribution in [0.15, 0.2) is 30.5 Å². The lowest BCUT2D eigenvalue weighted by molar-refractivity contribution is -0.136. The molecule has 0 fully saturated rings. The molecule has 0 saturated heterocycles. The maximum absolute atomic E-state index is 12.6. The second-order valence-corrected chi connectivity index (χ2v) is 3.10. The van der Waals surface area contributed by atoms with Crippen LogP contribution >= 0.6 is 0 Å². The van der Waals surface area contributed by atoms with Gasteiger partial charge < -0.3 is 0 Å². The number of halogens is 3. The topological polar surface area (TPSA) is 12.9 Å². The lowest BCUT2D eigenvalue weighted by Crippen LogP contribution is -2.12. The van der Waals surface area contributed by atoms with E-state index in [-0.39, 0.29) is 5.52 Å². The minimum absolute atomic E-state index is 0.106. The highest BCUT2D eigenvalue weighted by molar-refractivity contribution is 6.38. The summed E-state index contributed by atoms with van der Waals surface area (Å²) in [6.45, 7) is 0. The molecule has 0 amide bonds. The molecule has 2 aromatic rings. The zero-order valence-corrected chi connectivity index (χ0v) is 7.55. The van der Waals surface area contributed by atoms with Gasteiger partial charge in [-0.05, 0) is 17.5 Å². The van der Waals surface area contributed by atoms with Gasteiger partial charge in [-0.1, -0.05) is 17.6 Å². The minimum atomic E-state index is -4.40. The zero-order valence-electron chi connectivity index (χ0n) is 7.55. The third kappa shape index (κ3) is 1.69. The quantitative estimate of drug-likeness (QED) is 0.602. The molecule has 0 saturated carbocycles. The van der Waals surface area contributed by atoms with Gasteiger partial charge >= 0.3 is 6.18 Å². The van der Waals surface area contributed by atoms with Gasteiger partial charge in [0.25, 0.3) is 0 Å². The third-order valence-electron chi connectivity index (χ3n) is 2.11. The molecule has 0 aliphatic carbocycles. The van der Waals surface area contributed by atoms with Crippen LogP contribution in [-0.2, 0) is 6.18 Å². The third-order valence-corrected chi connectivity index (χ3v) is 2.11. The highest BCUT2D eigenvalue weighted by atomic mass is 19.4. The lowest BCUT2D eigenvalue weighted by Gasteiger charge is -2.10. The molecule has 0 spiro atoms. The molecule has 5 heteroatoms. The molecule has 1 aromatic heterocycles. The molecule has 0 aliphatic heterocycles. The summed E-state index contributed by atoms with van der Waals surface area (Å²) in [6.07, 6.45) is -3.09. The molecule has 15 heavy (non-hydrogen) atoms. The van der Waals surface area contributed by atoms with E-state index in [2.05, 4.69) is 4.98 Å². The van der Waals surface area contributed by atoms with Crippen molar-refractivity contribution in [2.75, 3.05) is 0 Å². The Bertz CT molecular complexity index is 507. The monoisotopic (exact) mass is 207 g/mol. The molecular weight excluding hydrogens is 202 g/mol. The first-order valence-corrected chi connectivity index (χ1v) is 4.20. The molecule has 2 rings (SSSR count). The summed E-state index contributed by atoms with van der Waals surface area (Å²) in [5.41, 5.74) is -0.566. The van der Waals surface area contributed by atoms with Gasteiger partial charge in [-0.15, -0.1) is 0 Å². The molecular formula is C10H5BF3N. The first kappa shape index (κ1) is 10.0. The molecule has 1 nitrogen and oxygen atoms in total. The Morgan fingerprint density at radius 2 is 1.87 bits per heavy atom. The minimum Gasteiger partial charge on any atom is -0.256 e. The number of benzene rings is 1. The summed E-state index contributed by atoms with van der Waals surface area (Å²) >= 11 is 0. The first-order chi connectivity index (χ1) is 7.00. The number of hydrogen-bond donors (Lipinski definition) is 0. The van der Waals surface area contributed by atoms with Gasteiger partial charge in [-0.25, -0.2) is 0 Å². The number of hydrogen-bond acceptors (Lipinski definition) is 1. The van der Waals surface area contributed by atoms with Crippen molar-refractivity contribution < 1.29 is 13.2 Å². The van der Waals surface area contributed by atoms with E-state index in [1.54, 1.807) is 6.07 Å². The van der Waals surface area contributed by atoms with Crippen molar-refractivity contribution >= 4 is 24.2 Å². The van der Waals surface area contributed by atoms with Crippen LogP contribution < -0.4 is 5.46 Å². The highest BCUT2D eigenvalue weighted by Crippen LogP contribution is 2.32. The van der Waals surface area contributed by atoms with Crippen molar-refractivity contribution in [2.24, 2.45) is 0 Å². The van der Waals surface area contributed by atoms with Crippen LogP contribution in [0, 0.1) is 0 Å². The SMILES string of the molecule is [B]c1ccc(C(F)(F)F)c2ncccc12. The second kappa shape index (κ2) is 3.26. The van der Waals surface area contributed by atoms with Gasteiger partial charge in [0.05, 0.1) is 11.1 Å². The van der Waals surface area contributed by atoms with E-state index >= 15 is 0 Å². The van der Waals surface area contributed by atoms with Crippen LogP contribution in [0.5, 0.6) is 0 Å². The number of rotatable bonds is 0. The fourth-order valence-electron chi connectivity index (χ4n) is 1.42. The van der Waals surface area contributed by atoms with Crippen molar-refractivity contribution in [3.63, 3.8) is 0 Å². The Labute approximate surface area is 85.3 Å². The van der Waals surface area contributed by atoms with E-state index in [9.17, 15) is 13.2 Å². The van der Waals surface area contributed by atoms with E-state index in [1.807, 2.05) is 0 Å². The van der Waals surface area contributed by atoms with Crippen LogP contribution in [0.1, 0.15) is 5.56 Å². The van der Waals surface area contributed by atoms with Crippen LogP contribution in [0.25, 0.3) is 10.9 Å². The van der Waals surface area contributed by atoms with Crippen LogP contribution in [0.3, 0.4) is 0 Å². The molecule has 0 atom stereocenters. The van der Waals surface area contributed by atoms with Gasteiger partial charge in [0, 0.05) is 6.20 Å². The summed E-state index contributed by atoms with van der Waals surface area (Å²) in [5, 5.41) is 0.326. The fraction of sp³-hybridized carbons (Fsp3) is 0.100. The zero-order chi connectivity index (χ0) is 11.1. The van der Waals surface area contributed by atoms with E-state index < -0.39 is 11.7 Å². The molecule has 1 heterocycles. The smallest absolute Gasteiger partial charge is 0.256 e. The number of alkyl halides is 3. The fourth-order valence-corrected chi connectivity index (χ4v) is 1.42. The summed E-state index contributed by atoms with van der Waals surface area (Å²) < 4.78 is 37.7. The second-order valence-electron chi connectivity index (χ2n) is 3.10. The summed E-state index contributed by atoms with van der Waals surface area (Å²) in [4.78, 5) is 3.71. The van der Waals surface area contributed by atoms with E-state index in [4.69, 9.17) is 7.85 Å². The first-order valence-electron chi connectivity index (χ1n) is 4.20. The number of fused-ring (bicyclic) bond motifs is 1. The summed E-state index contributed by atoms with van der Waals surface area (Å²) in [5.74, 6) is 0. The Balaban J connectivity index is 2.84. The predicted molar refractivity (Wildman–Crippen MR) is 52.1 cm³/mol. The Morgan fingerprint density at radius 3 is 2.53 bits per heavy atom. The molecule has 0 N–H and O–H groups in total. The van der Waals surface area contributed by atoms with Crippen molar-refractivity contribution in [3.8, 4) is 0 Å². The molecule has 2 radical (unpaired) electrons. The normalized spacial score (nSPS) is 11.9. The average molecular weight is 207 g/mol. The van der Waals surface area contributed by atoms with E-state index in [0.717, 1.165) is 6.07 Å².